The van der Waals surface area contributed by atoms with Gasteiger partial charge in [-0.25, -0.2) is 9.97 Å². The van der Waals surface area contributed by atoms with Gasteiger partial charge in [0, 0.05) is 68.5 Å². The summed E-state index contributed by atoms with van der Waals surface area (Å²) in [5.74, 6) is -1.96. The highest BCUT2D eigenvalue weighted by Crippen LogP contribution is 2.34. The van der Waals surface area contributed by atoms with E-state index in [1.165, 1.54) is 6.92 Å². The zero-order valence-electron chi connectivity index (χ0n) is 30.7. The van der Waals surface area contributed by atoms with Crippen LogP contribution in [0.15, 0.2) is 10.8 Å². The number of hydrogen-bond donors (Lipinski definition) is 1. The van der Waals surface area contributed by atoms with E-state index in [9.17, 15) is 32.3 Å². The van der Waals surface area contributed by atoms with E-state index in [0.29, 0.717) is 37.8 Å². The molecule has 17 heteroatoms. The monoisotopic (exact) mass is 773 g/mol. The molecule has 0 radical (unpaired) electrons. The summed E-state index contributed by atoms with van der Waals surface area (Å²) in [6, 6.07) is -1.34. The highest BCUT2D eigenvalue weighted by Gasteiger charge is 2.41. The quantitative estimate of drug-likeness (QED) is 0.218. The number of hydrogen-bond acceptors (Lipinski definition) is 12. The number of ketones is 1. The van der Waals surface area contributed by atoms with Gasteiger partial charge in [-0.1, -0.05) is 27.7 Å². The molecule has 52 heavy (non-hydrogen) atoms. The molecule has 4 heterocycles. The van der Waals surface area contributed by atoms with Crippen LogP contribution in [0.1, 0.15) is 86.2 Å². The fraction of sp³-hybridized carbons (Fsp3) is 0.714. The van der Waals surface area contributed by atoms with Crippen LogP contribution in [0.25, 0.3) is 0 Å². The molecule has 0 saturated carbocycles. The number of likely N-dealkylation sites (N-methyl/N-ethyl adjacent to an activating group) is 1. The number of carbonyl (C=O) groups excluding carboxylic acids is 4. The number of rotatable bonds is 17. The van der Waals surface area contributed by atoms with Crippen molar-refractivity contribution < 1.29 is 46.6 Å². The average Bonchev–Trinajstić information content (AvgIpc) is 3.71. The molecule has 0 unspecified atom stereocenters. The molecule has 2 fully saturated rings. The van der Waals surface area contributed by atoms with Gasteiger partial charge < -0.3 is 24.4 Å². The second-order valence-corrected chi connectivity index (χ2v) is 16.3. The van der Waals surface area contributed by atoms with E-state index in [1.807, 2.05) is 39.6 Å². The van der Waals surface area contributed by atoms with E-state index >= 15 is 0 Å². The number of nitrogens with one attached hydrogen (secondary N) is 1. The van der Waals surface area contributed by atoms with Gasteiger partial charge >= 0.3 is 12.1 Å². The number of Topliss-reactive ketones (excluding diaryl/α,β-unsaturated/α-hetero) is 1. The molecule has 2 aliphatic heterocycles. The van der Waals surface area contributed by atoms with Gasteiger partial charge in [-0.15, -0.1) is 22.7 Å². The minimum Gasteiger partial charge on any atom is -0.455 e. The highest BCUT2D eigenvalue weighted by molar-refractivity contribution is 7.10. The highest BCUT2D eigenvalue weighted by atomic mass is 32.1. The lowest BCUT2D eigenvalue weighted by atomic mass is 9.83. The Hall–Kier alpha value is -2.99. The fourth-order valence-corrected chi connectivity index (χ4v) is 8.27. The van der Waals surface area contributed by atoms with E-state index in [1.54, 1.807) is 17.3 Å². The topological polar surface area (TPSA) is 140 Å². The predicted molar refractivity (Wildman–Crippen MR) is 189 cm³/mol. The summed E-state index contributed by atoms with van der Waals surface area (Å²) < 4.78 is 56.1. The van der Waals surface area contributed by atoms with Crippen molar-refractivity contribution in [1.82, 2.24) is 25.1 Å². The van der Waals surface area contributed by atoms with Crippen LogP contribution in [-0.4, -0.2) is 109 Å². The number of amides is 2. The molecule has 290 valence electrons. The molecule has 2 aromatic heterocycles. The standard InChI is InChI=1S/C35H50F3N5O7S2/c1-19(2)10-23(11-31-41-30(18-51-31)35(36,37)38)39-32(46)25-17-52-33(40-25)29(50-21(5)44)13-26(20(3)4)43(7)34(47)24(22-14-49-15-22)12-28(45)27-16-48-9-8-42(27)6/h17-20,22-24,26-27,29H,8-16H2,1-7H3,(H,39,46)/t23-,24+,26-,27-,29-/m1/s1. The van der Waals surface area contributed by atoms with E-state index in [2.05, 4.69) is 15.3 Å². The first-order valence-corrected chi connectivity index (χ1v) is 19.3. The average molecular weight is 774 g/mol. The van der Waals surface area contributed by atoms with Crippen molar-refractivity contribution in [3.05, 3.63) is 32.2 Å². The van der Waals surface area contributed by atoms with Gasteiger partial charge in [0.05, 0.1) is 43.4 Å². The van der Waals surface area contributed by atoms with E-state index in [-0.39, 0.29) is 66.0 Å². The molecule has 0 aliphatic carbocycles. The van der Waals surface area contributed by atoms with Crippen molar-refractivity contribution in [1.29, 1.82) is 0 Å². The maximum Gasteiger partial charge on any atom is 0.434 e. The number of halogens is 3. The molecule has 12 nitrogen and oxygen atoms in total. The summed E-state index contributed by atoms with van der Waals surface area (Å²) in [5.41, 5.74) is -0.884. The minimum absolute atomic E-state index is 0.0540. The summed E-state index contributed by atoms with van der Waals surface area (Å²) in [5, 5.41) is 6.04. The maximum absolute atomic E-state index is 14.2. The van der Waals surface area contributed by atoms with Crippen LogP contribution in [0.2, 0.25) is 0 Å². The number of aromatic nitrogens is 2. The van der Waals surface area contributed by atoms with Crippen LogP contribution in [0.5, 0.6) is 0 Å². The number of esters is 1. The van der Waals surface area contributed by atoms with Gasteiger partial charge in [0.2, 0.25) is 5.91 Å². The van der Waals surface area contributed by atoms with E-state index in [4.69, 9.17) is 14.2 Å². The van der Waals surface area contributed by atoms with E-state index in [0.717, 1.165) is 28.1 Å². The van der Waals surface area contributed by atoms with Crippen LogP contribution < -0.4 is 5.32 Å². The van der Waals surface area contributed by atoms with Crippen molar-refractivity contribution in [2.45, 2.75) is 90.7 Å². The first-order valence-electron chi connectivity index (χ1n) is 17.5. The SMILES string of the molecule is CC(=O)O[C@H](C[C@H](C(C)C)N(C)C(=O)[C@@H](CC(=O)[C@H]1COCCN1C)C1COC1)c1nc(C(=O)N[C@@H](Cc2nc(C(F)(F)F)cs2)CC(C)C)cs1. The third kappa shape index (κ3) is 11.3. The second kappa shape index (κ2) is 18.4. The van der Waals surface area contributed by atoms with Crippen molar-refractivity contribution in [2.75, 3.05) is 47.1 Å². The lowest BCUT2D eigenvalue weighted by molar-refractivity contribution is -0.154. The first kappa shape index (κ1) is 41.8. The first-order chi connectivity index (χ1) is 24.4. The largest absolute Gasteiger partial charge is 0.455 e. The van der Waals surface area contributed by atoms with Gasteiger partial charge in [-0.05, 0) is 25.3 Å². The molecule has 4 rings (SSSR count). The lowest BCUT2D eigenvalue weighted by Crippen LogP contribution is -2.52. The number of nitrogens with zero attached hydrogens (tertiary/aromatic N) is 4. The molecule has 0 bridgehead atoms. The molecule has 2 aromatic rings. The Labute approximate surface area is 310 Å². The smallest absolute Gasteiger partial charge is 0.434 e. The molecule has 0 spiro atoms. The number of alkyl halides is 3. The van der Waals surface area contributed by atoms with Gasteiger partial charge in [-0.3, -0.25) is 24.1 Å². The van der Waals surface area contributed by atoms with Crippen LogP contribution in [-0.2, 0) is 41.2 Å². The zero-order chi connectivity index (χ0) is 38.3. The van der Waals surface area contributed by atoms with Gasteiger partial charge in [0.1, 0.15) is 10.7 Å². The Bertz CT molecular complexity index is 1530. The third-order valence-electron chi connectivity index (χ3n) is 9.50. The van der Waals surface area contributed by atoms with Crippen molar-refractivity contribution in [3.8, 4) is 0 Å². The summed E-state index contributed by atoms with van der Waals surface area (Å²) in [7, 11) is 3.57. The third-order valence-corrected chi connectivity index (χ3v) is 11.3. The summed E-state index contributed by atoms with van der Waals surface area (Å²) in [6.45, 7) is 11.3. The Morgan fingerprint density at radius 2 is 1.77 bits per heavy atom. The molecule has 5 atom stereocenters. The number of morpholine rings is 1. The van der Waals surface area contributed by atoms with Gasteiger partial charge in [0.15, 0.2) is 17.6 Å². The van der Waals surface area contributed by atoms with Crippen LogP contribution in [0.3, 0.4) is 0 Å². The number of carbonyl (C=O) groups is 4. The van der Waals surface area contributed by atoms with Gasteiger partial charge in [-0.2, -0.15) is 13.2 Å². The number of ether oxygens (including phenoxy) is 3. The molecular weight excluding hydrogens is 724 g/mol. The zero-order valence-corrected chi connectivity index (χ0v) is 32.4. The second-order valence-electron chi connectivity index (χ2n) is 14.4. The minimum atomic E-state index is -4.55. The molecule has 0 aromatic carbocycles. The predicted octanol–water partition coefficient (Wildman–Crippen LogP) is 5.04. The van der Waals surface area contributed by atoms with Crippen molar-refractivity contribution >= 4 is 46.2 Å². The molecule has 2 aliphatic rings. The fourth-order valence-electron chi connectivity index (χ4n) is 6.55. The van der Waals surface area contributed by atoms with Crippen LogP contribution in [0.4, 0.5) is 13.2 Å². The Kier molecular flexibility index (Phi) is 14.7. The normalized spacial score (nSPS) is 19.5. The summed E-state index contributed by atoms with van der Waals surface area (Å²) in [6.07, 6.45) is -4.56. The summed E-state index contributed by atoms with van der Waals surface area (Å²) >= 11 is 2.03. The maximum atomic E-state index is 14.2. The van der Waals surface area contributed by atoms with Crippen molar-refractivity contribution in [3.63, 3.8) is 0 Å². The molecule has 2 amide bonds. The Morgan fingerprint density at radius 1 is 1.06 bits per heavy atom. The Morgan fingerprint density at radius 3 is 2.33 bits per heavy atom. The van der Waals surface area contributed by atoms with Crippen LogP contribution in [0, 0.1) is 23.7 Å². The van der Waals surface area contributed by atoms with E-state index < -0.39 is 53.9 Å². The number of thiazole rings is 2. The summed E-state index contributed by atoms with van der Waals surface area (Å²) in [4.78, 5) is 65.1. The molecule has 1 N–H and O–H groups in total. The lowest BCUT2D eigenvalue weighted by Gasteiger charge is -2.40. The van der Waals surface area contributed by atoms with Crippen LogP contribution >= 0.6 is 22.7 Å². The molecular formula is C35H50F3N5O7S2. The van der Waals surface area contributed by atoms with Gasteiger partial charge in [0.25, 0.3) is 5.91 Å². The Balaban J connectivity index is 1.49. The molecule has 2 saturated heterocycles. The van der Waals surface area contributed by atoms with Crippen molar-refractivity contribution in [2.24, 2.45) is 23.7 Å².